The zero-order valence-electron chi connectivity index (χ0n) is 15.1. The minimum atomic E-state index is -3.63. The lowest BCUT2D eigenvalue weighted by atomic mass is 9.88. The first-order valence-corrected chi connectivity index (χ1v) is 10.5. The van der Waals surface area contributed by atoms with Gasteiger partial charge in [-0.1, -0.05) is 22.4 Å². The molecule has 27 heavy (non-hydrogen) atoms. The van der Waals surface area contributed by atoms with Gasteiger partial charge in [0.25, 0.3) is 5.91 Å². The monoisotopic (exact) mass is 386 g/mol. The molecular formula is C19H22N4O3S. The number of sulfonamides is 1. The summed E-state index contributed by atoms with van der Waals surface area (Å²) >= 11 is 0. The molecule has 2 unspecified atom stereocenters. The van der Waals surface area contributed by atoms with Crippen molar-refractivity contribution in [1.29, 1.82) is 0 Å². The summed E-state index contributed by atoms with van der Waals surface area (Å²) in [4.78, 5) is 19.2. The molecule has 2 aromatic rings. The highest BCUT2D eigenvalue weighted by Crippen LogP contribution is 2.33. The number of pyridine rings is 1. The lowest BCUT2D eigenvalue weighted by Crippen LogP contribution is -2.59. The molecule has 2 aliphatic heterocycles. The molecule has 2 N–H and O–H groups in total. The molecule has 0 bridgehead atoms. The van der Waals surface area contributed by atoms with E-state index in [1.807, 2.05) is 31.2 Å². The molecule has 0 saturated carbocycles. The number of likely N-dealkylation sites (tertiary alicyclic amines) is 1. The summed E-state index contributed by atoms with van der Waals surface area (Å²) in [6.07, 6.45) is 3.11. The number of fused-ring (bicyclic) bond motifs is 1. The van der Waals surface area contributed by atoms with E-state index in [1.165, 1.54) is 6.07 Å². The second-order valence-corrected chi connectivity index (χ2v) is 8.96. The molecule has 1 aromatic heterocycles. The van der Waals surface area contributed by atoms with Crippen LogP contribution in [-0.2, 0) is 14.6 Å². The number of carbonyl (C=O) groups is 1. The Morgan fingerprint density at radius 1 is 1.30 bits per heavy atom. The number of hydrogen-bond acceptors (Lipinski definition) is 5. The predicted octanol–water partition coefficient (Wildman–Crippen LogP) is 1.98. The highest BCUT2D eigenvalue weighted by Gasteiger charge is 2.44. The fraction of sp³-hybridized carbons (Fsp3) is 0.368. The molecule has 0 radical (unpaired) electrons. The zero-order chi connectivity index (χ0) is 19.1. The van der Waals surface area contributed by atoms with Crippen molar-refractivity contribution in [3.63, 3.8) is 0 Å². The van der Waals surface area contributed by atoms with Gasteiger partial charge in [0.2, 0.25) is 4.90 Å². The van der Waals surface area contributed by atoms with Crippen molar-refractivity contribution in [1.82, 2.24) is 14.6 Å². The smallest absolute Gasteiger partial charge is 0.254 e. The molecule has 4 rings (SSSR count). The van der Waals surface area contributed by atoms with Crippen LogP contribution in [0.3, 0.4) is 0 Å². The van der Waals surface area contributed by atoms with Gasteiger partial charge in [-0.2, -0.15) is 0 Å². The van der Waals surface area contributed by atoms with Gasteiger partial charge in [0, 0.05) is 30.9 Å². The van der Waals surface area contributed by atoms with Crippen LogP contribution in [0.5, 0.6) is 0 Å². The van der Waals surface area contributed by atoms with Crippen LogP contribution in [0.4, 0.5) is 5.82 Å². The van der Waals surface area contributed by atoms with Crippen molar-refractivity contribution in [3.8, 4) is 0 Å². The summed E-state index contributed by atoms with van der Waals surface area (Å²) in [5.41, 5.74) is 1.04. The summed E-state index contributed by atoms with van der Waals surface area (Å²) in [5.74, 6) is 0.315. The number of carbonyl (C=O) groups excluding carboxylic acids is 1. The Hall–Kier alpha value is -2.29. The summed E-state index contributed by atoms with van der Waals surface area (Å²) < 4.78 is 27.7. The van der Waals surface area contributed by atoms with Crippen molar-refractivity contribution in [3.05, 3.63) is 53.7 Å². The van der Waals surface area contributed by atoms with E-state index in [4.69, 9.17) is 0 Å². The average molecular weight is 386 g/mol. The van der Waals surface area contributed by atoms with Crippen molar-refractivity contribution < 1.29 is 13.6 Å². The number of nitrogens with one attached hydrogen (secondary N) is 2. The molecule has 142 valence electrons. The Morgan fingerprint density at radius 3 is 2.93 bits per heavy atom. The molecule has 8 heteroatoms. The SMILES string of the molecule is Cc1ccccc1C(=O)N1CCCC2(CN[S+](=O)([O-])c3cccnc3N2)C1. The molecule has 1 aromatic carbocycles. The Bertz CT molecular complexity index is 935. The lowest BCUT2D eigenvalue weighted by Gasteiger charge is -2.42. The van der Waals surface area contributed by atoms with Gasteiger partial charge in [0.05, 0.1) is 12.1 Å². The first-order valence-electron chi connectivity index (χ1n) is 8.98. The van der Waals surface area contributed by atoms with E-state index in [0.717, 1.165) is 18.4 Å². The van der Waals surface area contributed by atoms with Crippen LogP contribution in [0, 0.1) is 6.92 Å². The summed E-state index contributed by atoms with van der Waals surface area (Å²) in [5, 5.41) is 3.33. The number of amides is 1. The molecule has 1 amide bonds. The molecule has 3 heterocycles. The molecule has 1 saturated heterocycles. The van der Waals surface area contributed by atoms with E-state index in [2.05, 4.69) is 15.0 Å². The zero-order valence-corrected chi connectivity index (χ0v) is 15.9. The van der Waals surface area contributed by atoms with Gasteiger partial charge < -0.3 is 14.8 Å². The number of benzene rings is 1. The normalized spacial score (nSPS) is 27.6. The Balaban J connectivity index is 1.64. The van der Waals surface area contributed by atoms with Gasteiger partial charge in [-0.05, 0) is 37.5 Å². The van der Waals surface area contributed by atoms with Crippen molar-refractivity contribution in [2.45, 2.75) is 30.2 Å². The number of hydrogen-bond donors (Lipinski definition) is 2. The third-order valence-electron chi connectivity index (χ3n) is 5.28. The molecule has 7 nitrogen and oxygen atoms in total. The third-order valence-corrected chi connectivity index (χ3v) is 6.72. The summed E-state index contributed by atoms with van der Waals surface area (Å²) in [7, 11) is -3.63. The largest absolute Gasteiger partial charge is 0.593 e. The van der Waals surface area contributed by atoms with Crippen LogP contribution in [0.2, 0.25) is 0 Å². The average Bonchev–Trinajstić information content (AvgIpc) is 2.77. The van der Waals surface area contributed by atoms with Gasteiger partial charge >= 0.3 is 0 Å². The predicted molar refractivity (Wildman–Crippen MR) is 102 cm³/mol. The van der Waals surface area contributed by atoms with Crippen LogP contribution < -0.4 is 10.0 Å². The van der Waals surface area contributed by atoms with E-state index in [0.29, 0.717) is 24.5 Å². The van der Waals surface area contributed by atoms with Crippen molar-refractivity contribution in [2.24, 2.45) is 0 Å². The second kappa shape index (κ2) is 6.70. The standard InChI is InChI=1S/C19H22N4O3S/c1-14-6-2-3-7-15(14)18(24)23-11-5-9-19(13-23)12-21-27(25,26)16-8-4-10-20-17(16)22-19/h2-4,6-8,10H,5,9,11-13H2,1H3,(H2-,20,21,22,25,26). The Kier molecular flexibility index (Phi) is 4.49. The summed E-state index contributed by atoms with van der Waals surface area (Å²) in [6, 6.07) is 10.7. The molecule has 0 aliphatic carbocycles. The highest BCUT2D eigenvalue weighted by molar-refractivity contribution is 7.96. The maximum atomic E-state index is 13.0. The third kappa shape index (κ3) is 3.36. The fourth-order valence-electron chi connectivity index (χ4n) is 3.84. The number of anilines is 1. The molecule has 1 spiro atoms. The van der Waals surface area contributed by atoms with E-state index < -0.39 is 15.9 Å². The summed E-state index contributed by atoms with van der Waals surface area (Å²) in [6.45, 7) is 3.20. The molecule has 2 aliphatic rings. The maximum Gasteiger partial charge on any atom is 0.254 e. The molecule has 2 atom stereocenters. The quantitative estimate of drug-likeness (QED) is 0.731. The maximum absolute atomic E-state index is 13.0. The van der Waals surface area contributed by atoms with Gasteiger partial charge in [0.1, 0.15) is 0 Å². The first-order chi connectivity index (χ1) is 12.9. The fourth-order valence-corrected chi connectivity index (χ4v) is 5.08. The van der Waals surface area contributed by atoms with Gasteiger partial charge in [-0.3, -0.25) is 4.79 Å². The van der Waals surface area contributed by atoms with Crippen molar-refractivity contribution in [2.75, 3.05) is 25.0 Å². The van der Waals surface area contributed by atoms with Gasteiger partial charge in [-0.15, -0.1) is 4.72 Å². The minimum Gasteiger partial charge on any atom is -0.593 e. The molecular weight excluding hydrogens is 364 g/mol. The highest BCUT2D eigenvalue weighted by atomic mass is 32.3. The number of aromatic nitrogens is 1. The van der Waals surface area contributed by atoms with Gasteiger partial charge in [-0.25, -0.2) is 4.98 Å². The molecule has 1 fully saturated rings. The lowest BCUT2D eigenvalue weighted by molar-refractivity contribution is 0.0662. The van der Waals surface area contributed by atoms with Crippen LogP contribution in [0.1, 0.15) is 28.8 Å². The first kappa shape index (κ1) is 18.1. The minimum absolute atomic E-state index is 0.0256. The van der Waals surface area contributed by atoms with Crippen molar-refractivity contribution >= 4 is 22.1 Å². The van der Waals surface area contributed by atoms with E-state index in [-0.39, 0.29) is 17.3 Å². The van der Waals surface area contributed by atoms with E-state index >= 15 is 0 Å². The van der Waals surface area contributed by atoms with Crippen LogP contribution in [-0.4, -0.2) is 45.5 Å². The Labute approximate surface area is 159 Å². The van der Waals surface area contributed by atoms with Crippen LogP contribution in [0.25, 0.3) is 0 Å². The Morgan fingerprint density at radius 2 is 2.11 bits per heavy atom. The van der Waals surface area contributed by atoms with E-state index in [9.17, 15) is 13.6 Å². The number of aryl methyl sites for hydroxylation is 1. The van der Waals surface area contributed by atoms with Crippen LogP contribution >= 0.6 is 0 Å². The topological polar surface area (TPSA) is 97.4 Å². The second-order valence-electron chi connectivity index (χ2n) is 7.23. The number of nitrogens with zero attached hydrogens (tertiary/aromatic N) is 2. The number of rotatable bonds is 1. The number of piperidine rings is 1. The van der Waals surface area contributed by atoms with E-state index in [1.54, 1.807) is 17.2 Å². The van der Waals surface area contributed by atoms with Crippen LogP contribution in [0.15, 0.2) is 47.5 Å². The van der Waals surface area contributed by atoms with Gasteiger partial charge in [0.15, 0.2) is 16.2 Å².